The molecule has 3 aliphatic rings. The van der Waals surface area contributed by atoms with E-state index in [-0.39, 0.29) is 11.3 Å². The van der Waals surface area contributed by atoms with Crippen molar-refractivity contribution < 1.29 is 4.79 Å². The molecule has 3 aromatic rings. The molecule has 1 aliphatic carbocycles. The van der Waals surface area contributed by atoms with Crippen LogP contribution in [-0.4, -0.2) is 28.6 Å². The first-order valence-electron chi connectivity index (χ1n) is 13.3. The van der Waals surface area contributed by atoms with Gasteiger partial charge in [-0.3, -0.25) is 9.79 Å². The number of hydrogen-bond donors (Lipinski definition) is 4. The lowest BCUT2D eigenvalue weighted by Gasteiger charge is -2.28. The number of carbonyl (C=O) groups excluding carboxylic acids is 1. The molecule has 1 aromatic carbocycles. The third-order valence-corrected chi connectivity index (χ3v) is 8.38. The standard InChI is InChI=1S/C31H32N6OS/c1-19(2)13-28(38)34-22-8-5-4-7-20(14-22)21-10-11-25-23(15-21)24(16-33-37-25)30-35-26-17-32-18-31(3,29(26)36-30)27-9-6-12-39-27/h5-12,14-17,19,33,37H,4,13,18H2,1-3H3,(H,34,38)(H,35,36). The Morgan fingerprint density at radius 3 is 2.97 bits per heavy atom. The van der Waals surface area contributed by atoms with E-state index in [9.17, 15) is 4.79 Å². The zero-order valence-corrected chi connectivity index (χ0v) is 23.2. The SMILES string of the molecule is CC(C)CC(=O)NC1=CC(c2ccc3c(c2)C(c2nc4c([nH]2)C(C)(c2cccs2)CN=C4)=CNN3)=CCC=C1. The molecule has 1 unspecified atom stereocenters. The zero-order chi connectivity index (χ0) is 27.0. The highest BCUT2D eigenvalue weighted by Gasteiger charge is 2.37. The van der Waals surface area contributed by atoms with E-state index >= 15 is 0 Å². The monoisotopic (exact) mass is 536 g/mol. The molecule has 0 bridgehead atoms. The van der Waals surface area contributed by atoms with Gasteiger partial charge in [-0.25, -0.2) is 4.98 Å². The third-order valence-electron chi connectivity index (χ3n) is 7.25. The van der Waals surface area contributed by atoms with E-state index in [2.05, 4.69) is 87.0 Å². The Kier molecular flexibility index (Phi) is 6.56. The number of aliphatic imine (C=N–C) groups is 1. The van der Waals surface area contributed by atoms with Gasteiger partial charge in [-0.1, -0.05) is 38.1 Å². The van der Waals surface area contributed by atoms with Crippen LogP contribution in [0.25, 0.3) is 11.1 Å². The van der Waals surface area contributed by atoms with E-state index in [0.717, 1.165) is 57.3 Å². The summed E-state index contributed by atoms with van der Waals surface area (Å²) in [6.45, 7) is 7.02. The number of nitrogens with one attached hydrogen (secondary N) is 4. The smallest absolute Gasteiger partial charge is 0.224 e. The van der Waals surface area contributed by atoms with Crippen LogP contribution in [0.5, 0.6) is 0 Å². The molecule has 4 N–H and O–H groups in total. The quantitative estimate of drug-likeness (QED) is 0.315. The molecule has 4 heterocycles. The van der Waals surface area contributed by atoms with Crippen molar-refractivity contribution in [1.29, 1.82) is 0 Å². The van der Waals surface area contributed by atoms with Gasteiger partial charge >= 0.3 is 0 Å². The number of hydrogen-bond acceptors (Lipinski definition) is 6. The number of fused-ring (bicyclic) bond motifs is 2. The van der Waals surface area contributed by atoms with Gasteiger partial charge in [0.15, 0.2) is 0 Å². The molecular formula is C31H32N6OS. The highest BCUT2D eigenvalue weighted by atomic mass is 32.1. The topological polar surface area (TPSA) is 94.2 Å². The minimum Gasteiger partial charge on any atom is -0.340 e. The second-order valence-corrected chi connectivity index (χ2v) is 11.7. The van der Waals surface area contributed by atoms with Crippen molar-refractivity contribution in [3.05, 3.63) is 105 Å². The van der Waals surface area contributed by atoms with Gasteiger partial charge in [-0.15, -0.1) is 11.3 Å². The second-order valence-electron chi connectivity index (χ2n) is 10.8. The largest absolute Gasteiger partial charge is 0.340 e. The molecular weight excluding hydrogens is 504 g/mol. The Hall–Kier alpha value is -4.17. The fourth-order valence-corrected chi connectivity index (χ4v) is 6.14. The van der Waals surface area contributed by atoms with Gasteiger partial charge in [0.05, 0.1) is 23.3 Å². The molecule has 7 nitrogen and oxygen atoms in total. The van der Waals surface area contributed by atoms with E-state index in [1.807, 2.05) is 32.3 Å². The lowest BCUT2D eigenvalue weighted by Crippen LogP contribution is -2.30. The molecule has 8 heteroatoms. The minimum absolute atomic E-state index is 0.0351. The van der Waals surface area contributed by atoms with Crippen LogP contribution in [0.2, 0.25) is 0 Å². The predicted molar refractivity (Wildman–Crippen MR) is 160 cm³/mol. The van der Waals surface area contributed by atoms with E-state index in [4.69, 9.17) is 4.98 Å². The molecule has 0 spiro atoms. The van der Waals surface area contributed by atoms with Crippen molar-refractivity contribution in [2.75, 3.05) is 12.0 Å². The molecule has 0 saturated carbocycles. The average molecular weight is 537 g/mol. The second kappa shape index (κ2) is 10.2. The van der Waals surface area contributed by atoms with E-state index < -0.39 is 0 Å². The molecule has 1 amide bonds. The number of amides is 1. The number of rotatable bonds is 6. The van der Waals surface area contributed by atoms with Crippen LogP contribution in [0.15, 0.2) is 76.9 Å². The number of allylic oxidation sites excluding steroid dienone is 5. The Balaban J connectivity index is 1.34. The molecule has 6 rings (SSSR count). The summed E-state index contributed by atoms with van der Waals surface area (Å²) >= 11 is 1.75. The van der Waals surface area contributed by atoms with Crippen molar-refractivity contribution in [2.45, 2.75) is 39.0 Å². The van der Waals surface area contributed by atoms with Gasteiger partial charge in [-0.05, 0) is 66.1 Å². The number of aromatic nitrogens is 2. The minimum atomic E-state index is -0.242. The van der Waals surface area contributed by atoms with Crippen LogP contribution < -0.4 is 16.2 Å². The Morgan fingerprint density at radius 2 is 2.15 bits per heavy atom. The molecule has 1 atom stereocenters. The molecule has 0 fully saturated rings. The number of H-pyrrole nitrogens is 1. The summed E-state index contributed by atoms with van der Waals surface area (Å²) in [5.74, 6) is 1.15. The number of anilines is 1. The van der Waals surface area contributed by atoms with Crippen molar-refractivity contribution in [3.63, 3.8) is 0 Å². The summed E-state index contributed by atoms with van der Waals surface area (Å²) in [5, 5.41) is 5.18. The number of thiophene rings is 1. The van der Waals surface area contributed by atoms with Crippen LogP contribution in [0.4, 0.5) is 5.69 Å². The summed E-state index contributed by atoms with van der Waals surface area (Å²) in [4.78, 5) is 27.0. The van der Waals surface area contributed by atoms with E-state index in [1.54, 1.807) is 11.3 Å². The van der Waals surface area contributed by atoms with E-state index in [1.165, 1.54) is 4.88 Å². The number of carbonyl (C=O) groups is 1. The van der Waals surface area contributed by atoms with Crippen LogP contribution in [0, 0.1) is 5.92 Å². The summed E-state index contributed by atoms with van der Waals surface area (Å²) in [7, 11) is 0. The lowest BCUT2D eigenvalue weighted by atomic mass is 9.82. The lowest BCUT2D eigenvalue weighted by molar-refractivity contribution is -0.121. The van der Waals surface area contributed by atoms with Crippen molar-refractivity contribution in [1.82, 2.24) is 20.7 Å². The molecule has 39 heavy (non-hydrogen) atoms. The van der Waals surface area contributed by atoms with Crippen molar-refractivity contribution in [3.8, 4) is 0 Å². The summed E-state index contributed by atoms with van der Waals surface area (Å²) < 4.78 is 0. The van der Waals surface area contributed by atoms with Crippen molar-refractivity contribution in [2.24, 2.45) is 10.9 Å². The summed E-state index contributed by atoms with van der Waals surface area (Å²) in [6, 6.07) is 10.6. The van der Waals surface area contributed by atoms with Gasteiger partial charge in [-0.2, -0.15) is 0 Å². The normalized spacial score (nSPS) is 19.6. The fourth-order valence-electron chi connectivity index (χ4n) is 5.26. The number of hydrazine groups is 1. The van der Waals surface area contributed by atoms with Crippen LogP contribution >= 0.6 is 11.3 Å². The first-order chi connectivity index (χ1) is 18.9. The summed E-state index contributed by atoms with van der Waals surface area (Å²) in [5.41, 5.74) is 14.1. The van der Waals surface area contributed by atoms with Gasteiger partial charge in [0.25, 0.3) is 0 Å². The Labute approximate surface area is 232 Å². The Bertz CT molecular complexity index is 1570. The van der Waals surface area contributed by atoms with Crippen LogP contribution in [0.3, 0.4) is 0 Å². The van der Waals surface area contributed by atoms with Gasteiger partial charge in [0.1, 0.15) is 11.5 Å². The number of nitrogens with zero attached hydrogens (tertiary/aromatic N) is 2. The van der Waals surface area contributed by atoms with E-state index in [0.29, 0.717) is 18.9 Å². The van der Waals surface area contributed by atoms with Gasteiger partial charge in [0, 0.05) is 40.5 Å². The van der Waals surface area contributed by atoms with Crippen LogP contribution in [-0.2, 0) is 10.2 Å². The highest BCUT2D eigenvalue weighted by Crippen LogP contribution is 2.40. The van der Waals surface area contributed by atoms with Gasteiger partial charge in [0.2, 0.25) is 5.91 Å². The average Bonchev–Trinajstić information content (AvgIpc) is 3.56. The first kappa shape index (κ1) is 25.1. The maximum absolute atomic E-state index is 12.4. The Morgan fingerprint density at radius 1 is 1.26 bits per heavy atom. The van der Waals surface area contributed by atoms with Crippen molar-refractivity contribution >= 4 is 40.3 Å². The molecule has 198 valence electrons. The predicted octanol–water partition coefficient (Wildman–Crippen LogP) is 5.92. The number of aromatic amines is 1. The number of imidazole rings is 1. The number of benzene rings is 1. The molecule has 0 saturated heterocycles. The maximum atomic E-state index is 12.4. The third kappa shape index (κ3) is 4.88. The first-order valence-corrected chi connectivity index (χ1v) is 14.2. The van der Waals surface area contributed by atoms with Gasteiger partial charge < -0.3 is 21.2 Å². The van der Waals surface area contributed by atoms with Crippen LogP contribution in [0.1, 0.15) is 66.8 Å². The molecule has 2 aromatic heterocycles. The zero-order valence-electron chi connectivity index (χ0n) is 22.3. The fraction of sp³-hybridized carbons (Fsp3) is 0.258. The summed E-state index contributed by atoms with van der Waals surface area (Å²) in [6.07, 6.45) is 13.4. The maximum Gasteiger partial charge on any atom is 0.224 e. The molecule has 2 aliphatic heterocycles. The highest BCUT2D eigenvalue weighted by molar-refractivity contribution is 7.10. The molecule has 0 radical (unpaired) electrons.